The first-order chi connectivity index (χ1) is 70.3. The van der Waals surface area contributed by atoms with E-state index >= 15 is 0 Å². The summed E-state index contributed by atoms with van der Waals surface area (Å²) in [4.78, 5) is 9.69. The maximum absolute atomic E-state index is 13.5. The van der Waals surface area contributed by atoms with Gasteiger partial charge in [-0.2, -0.15) is 0 Å². The number of halogens is 2. The van der Waals surface area contributed by atoms with Crippen LogP contribution < -0.4 is 29.1 Å². The molecule has 16 heteroatoms. The molecule has 0 heterocycles. The topological polar surface area (TPSA) is 140 Å². The summed E-state index contributed by atoms with van der Waals surface area (Å²) in [5.41, 5.74) is 27.6. The van der Waals surface area contributed by atoms with Crippen molar-refractivity contribution < 1.29 is 45.3 Å². The van der Waals surface area contributed by atoms with Crippen molar-refractivity contribution in [2.75, 3.05) is 26.7 Å². The highest BCUT2D eigenvalue weighted by atomic mass is 32.2. The quantitative estimate of drug-likeness (QED) is 0.0474. The molecule has 12 nitrogen and oxygen atoms in total. The number of phenolic OH excluding ortho intramolecular Hbond substituents is 2. The van der Waals surface area contributed by atoms with E-state index in [0.29, 0.717) is 36.5 Å². The predicted octanol–water partition coefficient (Wildman–Crippen LogP) is 31.9. The third kappa shape index (κ3) is 20.0. The highest BCUT2D eigenvalue weighted by molar-refractivity contribution is 7.91. The van der Waals surface area contributed by atoms with E-state index in [1.54, 1.807) is 79.9 Å². The Bertz CT molecular complexity index is 7570. The maximum atomic E-state index is 13.5. The van der Waals surface area contributed by atoms with E-state index in [2.05, 4.69) is 378 Å². The molecule has 0 fully saturated rings. The van der Waals surface area contributed by atoms with Gasteiger partial charge in [0, 0.05) is 79.1 Å². The second-order valence-corrected chi connectivity index (χ2v) is 39.8. The Balaban J connectivity index is 0.000000154. The number of phenols is 2. The Morgan fingerprint density at radius 3 is 0.667 bits per heavy atom. The fraction of sp³-hybridized carbons (Fsp3) is 0.0625. The van der Waals surface area contributed by atoms with Crippen LogP contribution in [-0.2, 0) is 56.2 Å². The molecule has 0 amide bonds. The number of anilines is 12. The van der Waals surface area contributed by atoms with Crippen molar-refractivity contribution in [1.29, 1.82) is 0 Å². The molecule has 2 aliphatic rings. The summed E-state index contributed by atoms with van der Waals surface area (Å²) < 4.78 is 87.9. The standard InChI is InChI=1S/C65H52N2O4S.C51H40N2O2.C12H8F2O2S/c1-47-23-25-48(26-24-47)45-65(46-49-27-31-57(32-28-49)71-58-35-39-60(40-36-58)72(68,69)59-37-33-56(70-2)34-38-59)63-43-54(66(50-15-7-3-8-16-50)51-17-9-4-10-18-51)29-41-61(63)62-42-30-55(44-64(62)65)67(52-19-11-5-12-20-52)53-21-13-6-14-22-53;54-45-27-21-37(22-28-45)35-51(36-38-23-29-46(55)30-24-38)49-33-43(52(39-13-5-1-6-14-39)40-15-7-2-8-16-40)25-31-47(49)48-32-26-44(34-50(48)51)53(41-17-9-3-10-18-41)42-19-11-4-12-20-42;13-9-1-5-11(6-2-9)17(15,16)12-7-3-10(14)4-8-12/h3-44H,45-46H2,1-2H3;1-34,54-55H,35-36H2;1-8H. The van der Waals surface area contributed by atoms with Crippen LogP contribution in [-0.4, -0.2) is 34.2 Å². The van der Waals surface area contributed by atoms with Gasteiger partial charge in [-0.3, -0.25) is 0 Å². The first kappa shape index (κ1) is 94.2. The van der Waals surface area contributed by atoms with Gasteiger partial charge in [0.15, 0.2) is 0 Å². The van der Waals surface area contributed by atoms with Gasteiger partial charge < -0.3 is 39.3 Å². The largest absolute Gasteiger partial charge is 0.508 e. The van der Waals surface area contributed by atoms with Gasteiger partial charge in [-0.25, -0.2) is 25.6 Å². The highest BCUT2D eigenvalue weighted by Crippen LogP contribution is 2.59. The molecule has 0 saturated carbocycles. The number of aromatic hydroxyl groups is 2. The van der Waals surface area contributed by atoms with E-state index in [4.69, 9.17) is 9.47 Å². The summed E-state index contributed by atoms with van der Waals surface area (Å²) in [7, 11) is -5.89. The fourth-order valence-electron chi connectivity index (χ4n) is 19.9. The monoisotopic (exact) mass is 1920 g/mol. The maximum Gasteiger partial charge on any atom is 0.206 e. The minimum Gasteiger partial charge on any atom is -0.508 e. The predicted molar refractivity (Wildman–Crippen MR) is 576 cm³/mol. The molecule has 22 rings (SSSR count). The number of ether oxygens (including phenoxy) is 2. The number of methoxy groups -OCH3 is 1. The average Bonchev–Trinajstić information content (AvgIpc) is 1.55. The van der Waals surface area contributed by atoms with Gasteiger partial charge in [-0.05, 0) is 378 Å². The molecule has 0 atom stereocenters. The normalized spacial score (nSPS) is 12.3. The van der Waals surface area contributed by atoms with Crippen LogP contribution in [0.2, 0.25) is 0 Å². The number of nitrogens with zero attached hydrogens (tertiary/aromatic N) is 4. The molecular formula is C128H100F2N4O8S2. The molecular weight excluding hydrogens is 1820 g/mol. The minimum atomic E-state index is -3.73. The zero-order valence-corrected chi connectivity index (χ0v) is 80.7. The number of hydrogen-bond acceptors (Lipinski definition) is 12. The Morgan fingerprint density at radius 2 is 0.438 bits per heavy atom. The number of rotatable bonds is 27. The van der Waals surface area contributed by atoms with Crippen LogP contribution in [0.1, 0.15) is 50.1 Å². The van der Waals surface area contributed by atoms with Crippen molar-refractivity contribution in [2.45, 2.75) is 63.0 Å². The van der Waals surface area contributed by atoms with Gasteiger partial charge in [0.05, 0.1) is 26.7 Å². The lowest BCUT2D eigenvalue weighted by atomic mass is 9.69. The Hall–Kier alpha value is -17.4. The first-order valence-electron chi connectivity index (χ1n) is 47.6. The molecule has 0 saturated heterocycles. The number of para-hydroxylation sites is 8. The van der Waals surface area contributed by atoms with Crippen LogP contribution in [0.25, 0.3) is 22.3 Å². The number of benzene rings is 20. The molecule has 20 aromatic carbocycles. The van der Waals surface area contributed by atoms with Crippen LogP contribution in [0.15, 0.2) is 529 Å². The van der Waals surface area contributed by atoms with E-state index in [9.17, 15) is 35.8 Å². The van der Waals surface area contributed by atoms with Gasteiger partial charge in [-0.1, -0.05) is 236 Å². The summed E-state index contributed by atoms with van der Waals surface area (Å²) in [5, 5.41) is 20.7. The van der Waals surface area contributed by atoms with Crippen molar-refractivity contribution >= 4 is 87.9 Å². The SMILES string of the molecule is COc1ccc(S(=O)(=O)c2ccc(Oc3ccc(CC4(Cc5ccc(C)cc5)c5cc(N(c6ccccc6)c6ccccc6)ccc5-c5ccc(N(c6ccccc6)c6ccccc6)cc54)cc3)cc2)cc1.O=S(=O)(c1ccc(F)cc1)c1ccc(F)cc1.Oc1ccc(CC2(Cc3ccc(O)cc3)c3cc(N(c4ccccc4)c4ccccc4)ccc3-c3ccc(N(c4ccccc4)c4ccccc4)cc32)cc1. The van der Waals surface area contributed by atoms with Gasteiger partial charge in [0.2, 0.25) is 19.7 Å². The van der Waals surface area contributed by atoms with Crippen molar-refractivity contribution in [3.8, 4) is 51.0 Å². The Kier molecular flexibility index (Phi) is 27.2. The fourth-order valence-corrected chi connectivity index (χ4v) is 22.4. The van der Waals surface area contributed by atoms with Crippen LogP contribution in [0.3, 0.4) is 0 Å². The summed E-state index contributed by atoms with van der Waals surface area (Å²) >= 11 is 0. The Labute approximate surface area is 839 Å². The lowest BCUT2D eigenvalue weighted by Gasteiger charge is -2.35. The number of sulfone groups is 2. The van der Waals surface area contributed by atoms with Crippen molar-refractivity contribution in [2.24, 2.45) is 0 Å². The smallest absolute Gasteiger partial charge is 0.206 e. The minimum absolute atomic E-state index is 0.0227. The Morgan fingerprint density at radius 1 is 0.236 bits per heavy atom. The zero-order valence-electron chi connectivity index (χ0n) is 79.0. The summed E-state index contributed by atoms with van der Waals surface area (Å²) in [6.07, 6.45) is 2.82. The van der Waals surface area contributed by atoms with Gasteiger partial charge in [0.1, 0.15) is 40.4 Å². The molecule has 0 aliphatic heterocycles. The van der Waals surface area contributed by atoms with Crippen LogP contribution in [0, 0.1) is 18.6 Å². The second kappa shape index (κ2) is 41.5. The third-order valence-electron chi connectivity index (χ3n) is 26.7. The van der Waals surface area contributed by atoms with Gasteiger partial charge in [0.25, 0.3) is 0 Å². The van der Waals surface area contributed by atoms with Crippen LogP contribution in [0.4, 0.5) is 77.0 Å². The summed E-state index contributed by atoms with van der Waals surface area (Å²) in [6, 6.07) is 167. The molecule has 144 heavy (non-hydrogen) atoms. The van der Waals surface area contributed by atoms with E-state index in [1.807, 2.05) is 36.4 Å². The lowest BCUT2D eigenvalue weighted by molar-refractivity contribution is 0.414. The average molecular weight is 1920 g/mol. The van der Waals surface area contributed by atoms with Crippen molar-refractivity contribution in [3.05, 3.63) is 571 Å². The van der Waals surface area contributed by atoms with E-state index < -0.39 is 42.1 Å². The summed E-state index contributed by atoms with van der Waals surface area (Å²) in [6.45, 7) is 2.14. The second-order valence-electron chi connectivity index (χ2n) is 35.9. The highest BCUT2D eigenvalue weighted by Gasteiger charge is 2.47. The number of fused-ring (bicyclic) bond motifs is 6. The van der Waals surface area contributed by atoms with E-state index in [-0.39, 0.29) is 31.1 Å². The van der Waals surface area contributed by atoms with E-state index in [1.165, 1.54) is 79.9 Å². The molecule has 0 radical (unpaired) electrons. The molecule has 20 aromatic rings. The van der Waals surface area contributed by atoms with Crippen molar-refractivity contribution in [1.82, 2.24) is 0 Å². The molecule has 0 unspecified atom stereocenters. The molecule has 0 aromatic heterocycles. The van der Waals surface area contributed by atoms with Crippen LogP contribution in [0.5, 0.6) is 28.7 Å². The molecule has 2 aliphatic carbocycles. The zero-order chi connectivity index (χ0) is 98.7. The first-order valence-corrected chi connectivity index (χ1v) is 50.6. The number of hydrogen-bond donors (Lipinski definition) is 2. The molecule has 0 bridgehead atoms. The molecule has 2 N–H and O–H groups in total. The third-order valence-corrected chi connectivity index (χ3v) is 30.3. The summed E-state index contributed by atoms with van der Waals surface area (Å²) in [5.74, 6) is 1.25. The van der Waals surface area contributed by atoms with E-state index in [0.717, 1.165) is 116 Å². The van der Waals surface area contributed by atoms with Crippen LogP contribution >= 0.6 is 0 Å². The van der Waals surface area contributed by atoms with Crippen molar-refractivity contribution in [3.63, 3.8) is 0 Å². The molecule has 0 spiro atoms. The van der Waals surface area contributed by atoms with Gasteiger partial charge in [-0.15, -0.1) is 0 Å². The lowest BCUT2D eigenvalue weighted by Crippen LogP contribution is -2.31. The molecule has 706 valence electrons. The van der Waals surface area contributed by atoms with Gasteiger partial charge >= 0.3 is 0 Å². The number of aryl methyl sites for hydroxylation is 1.